The fourth-order valence-corrected chi connectivity index (χ4v) is 2.94. The highest BCUT2D eigenvalue weighted by Gasteiger charge is 2.32. The summed E-state index contributed by atoms with van der Waals surface area (Å²) in [6.45, 7) is 1.82. The van der Waals surface area contributed by atoms with Gasteiger partial charge >= 0.3 is 0 Å². The average molecular weight is 261 g/mol. The van der Waals surface area contributed by atoms with Crippen LogP contribution in [0.3, 0.4) is 0 Å². The van der Waals surface area contributed by atoms with Crippen LogP contribution in [0.15, 0.2) is 35.1 Å². The lowest BCUT2D eigenvalue weighted by Crippen LogP contribution is -2.31. The summed E-state index contributed by atoms with van der Waals surface area (Å²) in [5.74, 6) is 0.176. The molecule has 0 saturated heterocycles. The lowest BCUT2D eigenvalue weighted by atomic mass is 10.0. The number of allylic oxidation sites excluding steroid dienone is 1. The van der Waals surface area contributed by atoms with E-state index in [1.54, 1.807) is 16.0 Å². The molecule has 1 amide bonds. The van der Waals surface area contributed by atoms with Crippen molar-refractivity contribution in [1.82, 2.24) is 14.8 Å². The molecule has 7 heteroatoms. The highest BCUT2D eigenvalue weighted by Crippen LogP contribution is 2.35. The van der Waals surface area contributed by atoms with Gasteiger partial charge in [-0.25, -0.2) is 4.68 Å². The molecule has 0 bridgehead atoms. The number of anilines is 1. The molecule has 0 fully saturated rings. The fraction of sp³-hybridized carbons (Fsp3) is 0.182. The van der Waals surface area contributed by atoms with E-state index in [4.69, 9.17) is 5.73 Å². The van der Waals surface area contributed by atoms with Crippen LogP contribution in [0.5, 0.6) is 0 Å². The number of fused-ring (bicyclic) bond motifs is 1. The monoisotopic (exact) mass is 261 g/mol. The Labute approximate surface area is 107 Å². The zero-order chi connectivity index (χ0) is 12.7. The topological polar surface area (TPSA) is 85.8 Å². The molecule has 3 heterocycles. The van der Waals surface area contributed by atoms with Gasteiger partial charge in [-0.3, -0.25) is 4.79 Å². The number of aromatic nitrogens is 3. The van der Waals surface area contributed by atoms with E-state index in [2.05, 4.69) is 15.4 Å². The van der Waals surface area contributed by atoms with Crippen LogP contribution in [0.1, 0.15) is 17.8 Å². The van der Waals surface area contributed by atoms with Crippen LogP contribution in [0.4, 0.5) is 5.95 Å². The molecular formula is C11H11N5OS. The average Bonchev–Trinajstić information content (AvgIpc) is 2.96. The van der Waals surface area contributed by atoms with Crippen LogP contribution in [-0.4, -0.2) is 20.7 Å². The van der Waals surface area contributed by atoms with E-state index in [9.17, 15) is 4.79 Å². The number of hydrogen-bond donors (Lipinski definition) is 2. The van der Waals surface area contributed by atoms with Crippen molar-refractivity contribution in [2.75, 3.05) is 5.32 Å². The van der Waals surface area contributed by atoms with Gasteiger partial charge in [0.15, 0.2) is 0 Å². The summed E-state index contributed by atoms with van der Waals surface area (Å²) in [5, 5.41) is 9.17. The Kier molecular flexibility index (Phi) is 2.41. The third kappa shape index (κ3) is 1.52. The summed E-state index contributed by atoms with van der Waals surface area (Å²) in [6.07, 6.45) is 1.46. The van der Waals surface area contributed by atoms with Gasteiger partial charge in [-0.2, -0.15) is 10.1 Å². The number of nitrogens with zero attached hydrogens (tertiary/aromatic N) is 3. The fourth-order valence-electron chi connectivity index (χ4n) is 2.12. The molecule has 1 aliphatic heterocycles. The third-order valence-electron chi connectivity index (χ3n) is 2.87. The van der Waals surface area contributed by atoms with E-state index >= 15 is 0 Å². The molecule has 3 N–H and O–H groups in total. The zero-order valence-corrected chi connectivity index (χ0v) is 10.4. The van der Waals surface area contributed by atoms with Crippen molar-refractivity contribution in [3.8, 4) is 0 Å². The van der Waals surface area contributed by atoms with Crippen LogP contribution in [-0.2, 0) is 4.79 Å². The van der Waals surface area contributed by atoms with E-state index in [0.717, 1.165) is 10.6 Å². The number of carbonyl (C=O) groups excluding carboxylic acids is 1. The van der Waals surface area contributed by atoms with Crippen molar-refractivity contribution in [2.45, 2.75) is 13.0 Å². The minimum Gasteiger partial charge on any atom is -0.366 e. The lowest BCUT2D eigenvalue weighted by Gasteiger charge is -2.26. The van der Waals surface area contributed by atoms with Crippen molar-refractivity contribution in [2.24, 2.45) is 5.73 Å². The standard InChI is InChI=1S/C11H11N5OS/c1-6-8(10(12)17)9(7-3-2-4-18-7)16-11(15-6)13-5-14-16/h2-5,9H,1H3,(H2,12,17)(H,13,14,15)/t9-/m1/s1. The van der Waals surface area contributed by atoms with Crippen molar-refractivity contribution in [3.63, 3.8) is 0 Å². The number of nitrogens with two attached hydrogens (primary N) is 1. The third-order valence-corrected chi connectivity index (χ3v) is 3.80. The number of nitrogens with one attached hydrogen (secondary N) is 1. The Hall–Kier alpha value is -2.15. The van der Waals surface area contributed by atoms with Crippen LogP contribution in [0.25, 0.3) is 0 Å². The molecule has 92 valence electrons. The Balaban J connectivity index is 2.21. The molecule has 1 aliphatic rings. The molecule has 0 saturated carbocycles. The Morgan fingerprint density at radius 1 is 1.61 bits per heavy atom. The summed E-state index contributed by atoms with van der Waals surface area (Å²) >= 11 is 1.56. The van der Waals surface area contributed by atoms with E-state index in [0.29, 0.717) is 11.5 Å². The van der Waals surface area contributed by atoms with E-state index < -0.39 is 5.91 Å². The number of hydrogen-bond acceptors (Lipinski definition) is 5. The number of primary amides is 1. The molecule has 3 rings (SSSR count). The first-order valence-corrected chi connectivity index (χ1v) is 6.27. The second-order valence-corrected chi connectivity index (χ2v) is 4.95. The first-order valence-electron chi connectivity index (χ1n) is 5.39. The van der Waals surface area contributed by atoms with Crippen LogP contribution in [0.2, 0.25) is 0 Å². The highest BCUT2D eigenvalue weighted by atomic mass is 32.1. The summed E-state index contributed by atoms with van der Waals surface area (Å²) in [5.41, 5.74) is 6.73. The van der Waals surface area contributed by atoms with Gasteiger partial charge in [0.1, 0.15) is 12.4 Å². The SMILES string of the molecule is CC1=C(C(N)=O)[C@@H](c2cccs2)n2ncnc2N1. The smallest absolute Gasteiger partial charge is 0.248 e. The molecule has 0 unspecified atom stereocenters. The van der Waals surface area contributed by atoms with Crippen molar-refractivity contribution >= 4 is 23.2 Å². The Morgan fingerprint density at radius 3 is 3.11 bits per heavy atom. The van der Waals surface area contributed by atoms with Crippen LogP contribution >= 0.6 is 11.3 Å². The number of rotatable bonds is 2. The van der Waals surface area contributed by atoms with E-state index in [1.165, 1.54) is 6.33 Å². The summed E-state index contributed by atoms with van der Waals surface area (Å²) < 4.78 is 1.68. The number of carbonyl (C=O) groups is 1. The molecule has 1 atom stereocenters. The summed E-state index contributed by atoms with van der Waals surface area (Å²) in [4.78, 5) is 16.8. The highest BCUT2D eigenvalue weighted by molar-refractivity contribution is 7.10. The van der Waals surface area contributed by atoms with Gasteiger partial charge in [0.2, 0.25) is 11.9 Å². The number of amides is 1. The first-order chi connectivity index (χ1) is 8.68. The molecule has 6 nitrogen and oxygen atoms in total. The van der Waals surface area contributed by atoms with Gasteiger partial charge in [0.25, 0.3) is 0 Å². The van der Waals surface area contributed by atoms with Gasteiger partial charge in [0, 0.05) is 10.6 Å². The van der Waals surface area contributed by atoms with Gasteiger partial charge < -0.3 is 11.1 Å². The molecule has 18 heavy (non-hydrogen) atoms. The normalized spacial score (nSPS) is 18.4. The maximum Gasteiger partial charge on any atom is 0.248 e. The van der Waals surface area contributed by atoms with Gasteiger partial charge in [-0.15, -0.1) is 11.3 Å². The molecule has 2 aromatic heterocycles. The predicted molar refractivity (Wildman–Crippen MR) is 68.0 cm³/mol. The maximum absolute atomic E-state index is 11.7. The van der Waals surface area contributed by atoms with Crippen LogP contribution < -0.4 is 11.1 Å². The first kappa shape index (κ1) is 11.0. The van der Waals surface area contributed by atoms with Crippen molar-refractivity contribution in [3.05, 3.63) is 40.0 Å². The summed E-state index contributed by atoms with van der Waals surface area (Å²) in [7, 11) is 0. The van der Waals surface area contributed by atoms with E-state index in [1.807, 2.05) is 24.4 Å². The van der Waals surface area contributed by atoms with Crippen LogP contribution in [0, 0.1) is 0 Å². The predicted octanol–water partition coefficient (Wildman–Crippen LogP) is 1.11. The van der Waals surface area contributed by atoms with E-state index in [-0.39, 0.29) is 6.04 Å². The second kappa shape index (κ2) is 3.95. The molecule has 0 aromatic carbocycles. The summed E-state index contributed by atoms with van der Waals surface area (Å²) in [6, 6.07) is 3.61. The second-order valence-electron chi connectivity index (χ2n) is 3.97. The van der Waals surface area contributed by atoms with Crippen molar-refractivity contribution < 1.29 is 4.79 Å². The Bertz CT molecular complexity index is 628. The molecular weight excluding hydrogens is 250 g/mol. The molecule has 0 aliphatic carbocycles. The Morgan fingerprint density at radius 2 is 2.44 bits per heavy atom. The van der Waals surface area contributed by atoms with Crippen molar-refractivity contribution in [1.29, 1.82) is 0 Å². The van der Waals surface area contributed by atoms with Gasteiger partial charge in [-0.1, -0.05) is 6.07 Å². The maximum atomic E-state index is 11.7. The molecule has 0 radical (unpaired) electrons. The largest absolute Gasteiger partial charge is 0.366 e. The quantitative estimate of drug-likeness (QED) is 0.848. The minimum atomic E-state index is -0.445. The van der Waals surface area contributed by atoms with Gasteiger partial charge in [0.05, 0.1) is 5.57 Å². The number of thiophene rings is 1. The minimum absolute atomic E-state index is 0.291. The molecule has 0 spiro atoms. The lowest BCUT2D eigenvalue weighted by molar-refractivity contribution is -0.115. The zero-order valence-electron chi connectivity index (χ0n) is 9.62. The molecule has 2 aromatic rings. The van der Waals surface area contributed by atoms with Gasteiger partial charge in [-0.05, 0) is 18.4 Å².